The predicted octanol–water partition coefficient (Wildman–Crippen LogP) is 0.430. The van der Waals surface area contributed by atoms with Gasteiger partial charge in [0.05, 0.1) is 0 Å². The van der Waals surface area contributed by atoms with Crippen LogP contribution in [0.25, 0.3) is 11.1 Å². The van der Waals surface area contributed by atoms with Crippen LogP contribution in [0.4, 0.5) is 11.5 Å². The summed E-state index contributed by atoms with van der Waals surface area (Å²) in [6, 6.07) is 6.75. The Morgan fingerprint density at radius 3 is 2.12 bits per heavy atom. The van der Waals surface area contributed by atoms with Gasteiger partial charge in [-0.2, -0.15) is 0 Å². The molecule has 6 N–H and O–H groups in total. The smallest absolute Gasteiger partial charge is 0.342 e. The summed E-state index contributed by atoms with van der Waals surface area (Å²) in [5.74, 6) is -3.31. The van der Waals surface area contributed by atoms with E-state index in [1.807, 2.05) is 0 Å². The molecule has 0 aliphatic carbocycles. The van der Waals surface area contributed by atoms with Gasteiger partial charge < -0.3 is 31.1 Å². The van der Waals surface area contributed by atoms with Crippen LogP contribution in [0.2, 0.25) is 0 Å². The first-order valence-corrected chi connectivity index (χ1v) is 7.98. The number of nitrogens with zero attached hydrogens (tertiary/aromatic N) is 1. The van der Waals surface area contributed by atoms with Crippen LogP contribution in [0, 0.1) is 0 Å². The Morgan fingerprint density at radius 2 is 1.58 bits per heavy atom. The summed E-state index contributed by atoms with van der Waals surface area (Å²) in [4.78, 5) is 39.4. The van der Waals surface area contributed by atoms with Crippen LogP contribution in [-0.4, -0.2) is 53.3 Å². The summed E-state index contributed by atoms with van der Waals surface area (Å²) in [6.45, 7) is 3.38. The summed E-state index contributed by atoms with van der Waals surface area (Å²) in [5, 5.41) is 22.1. The number of carbonyl (C=O) groups is 2. The molecule has 0 saturated carbocycles. The number of piperazine rings is 1. The molecule has 1 aromatic heterocycles. The number of carboxylic acids is 2. The van der Waals surface area contributed by atoms with Crippen molar-refractivity contribution in [1.82, 2.24) is 10.3 Å². The number of anilines is 2. The predicted molar refractivity (Wildman–Crippen MR) is 95.9 cm³/mol. The van der Waals surface area contributed by atoms with Gasteiger partial charge in [0, 0.05) is 37.4 Å². The average Bonchev–Trinajstić information content (AvgIpc) is 2.61. The Bertz CT molecular complexity index is 914. The lowest BCUT2D eigenvalue weighted by atomic mass is 9.95. The normalized spacial score (nSPS) is 14.2. The second-order valence-corrected chi connectivity index (χ2v) is 5.89. The van der Waals surface area contributed by atoms with Crippen molar-refractivity contribution >= 4 is 23.4 Å². The van der Waals surface area contributed by atoms with E-state index in [-0.39, 0.29) is 11.4 Å². The van der Waals surface area contributed by atoms with Gasteiger partial charge in [-0.15, -0.1) is 0 Å². The first-order valence-electron chi connectivity index (χ1n) is 7.98. The lowest BCUT2D eigenvalue weighted by Gasteiger charge is -2.29. The summed E-state index contributed by atoms with van der Waals surface area (Å²) < 4.78 is 0. The first kappa shape index (κ1) is 17.5. The molecule has 3 rings (SSSR count). The van der Waals surface area contributed by atoms with Gasteiger partial charge in [-0.1, -0.05) is 12.1 Å². The highest BCUT2D eigenvalue weighted by molar-refractivity contribution is 6.07. The molecule has 9 heteroatoms. The van der Waals surface area contributed by atoms with E-state index >= 15 is 0 Å². The van der Waals surface area contributed by atoms with Crippen molar-refractivity contribution in [3.8, 4) is 11.1 Å². The SMILES string of the molecule is Nc1[nH]c(=O)c(C(=O)O)c(-c2ccc(N3CCNCC3)cc2)c1C(=O)O. The molecule has 1 aromatic carbocycles. The average molecular weight is 358 g/mol. The molecule has 0 amide bonds. The number of hydrogen-bond donors (Lipinski definition) is 5. The van der Waals surface area contributed by atoms with Gasteiger partial charge in [0.25, 0.3) is 5.56 Å². The molecule has 0 bridgehead atoms. The van der Waals surface area contributed by atoms with Crippen molar-refractivity contribution in [2.75, 3.05) is 36.8 Å². The van der Waals surface area contributed by atoms with Crippen molar-refractivity contribution in [2.45, 2.75) is 0 Å². The van der Waals surface area contributed by atoms with Gasteiger partial charge in [-0.3, -0.25) is 4.79 Å². The van der Waals surface area contributed by atoms with Crippen LogP contribution in [0.5, 0.6) is 0 Å². The van der Waals surface area contributed by atoms with Crippen LogP contribution in [0.3, 0.4) is 0 Å². The zero-order chi connectivity index (χ0) is 18.8. The summed E-state index contributed by atoms with van der Waals surface area (Å²) >= 11 is 0. The number of hydrogen-bond acceptors (Lipinski definition) is 6. The quantitative estimate of drug-likeness (QED) is 0.528. The van der Waals surface area contributed by atoms with E-state index in [9.17, 15) is 24.6 Å². The van der Waals surface area contributed by atoms with Crippen LogP contribution in [-0.2, 0) is 0 Å². The standard InChI is InChI=1S/C17H18N4O5/c18-14-12(16(23)24)11(13(17(25)26)15(22)20-14)9-1-3-10(4-2-9)21-7-5-19-6-8-21/h1-4,19H,5-8H2,(H,23,24)(H,25,26)(H3,18,20,22). The van der Waals surface area contributed by atoms with Crippen molar-refractivity contribution in [1.29, 1.82) is 0 Å². The number of benzene rings is 1. The minimum atomic E-state index is -1.52. The number of nitrogens with two attached hydrogens (primary N) is 1. The number of pyridine rings is 1. The Kier molecular flexibility index (Phi) is 4.63. The Labute approximate surface area is 148 Å². The van der Waals surface area contributed by atoms with E-state index < -0.39 is 28.6 Å². The zero-order valence-electron chi connectivity index (χ0n) is 13.8. The second-order valence-electron chi connectivity index (χ2n) is 5.89. The second kappa shape index (κ2) is 6.89. The third-order valence-electron chi connectivity index (χ3n) is 4.31. The van der Waals surface area contributed by atoms with Crippen molar-refractivity contribution < 1.29 is 19.8 Å². The maximum absolute atomic E-state index is 12.0. The molecule has 2 aromatic rings. The molecule has 136 valence electrons. The van der Waals surface area contributed by atoms with Gasteiger partial charge in [-0.05, 0) is 17.7 Å². The fraction of sp³-hybridized carbons (Fsp3) is 0.235. The van der Waals surface area contributed by atoms with E-state index in [2.05, 4.69) is 15.2 Å². The first-order chi connectivity index (χ1) is 12.4. The summed E-state index contributed by atoms with van der Waals surface area (Å²) in [7, 11) is 0. The van der Waals surface area contributed by atoms with Crippen LogP contribution in [0.15, 0.2) is 29.1 Å². The fourth-order valence-corrected chi connectivity index (χ4v) is 3.10. The van der Waals surface area contributed by atoms with E-state index in [1.165, 1.54) is 0 Å². The maximum Gasteiger partial charge on any atom is 0.342 e. The molecule has 0 atom stereocenters. The van der Waals surface area contributed by atoms with Crippen LogP contribution in [0.1, 0.15) is 20.7 Å². The molecule has 0 radical (unpaired) electrons. The monoisotopic (exact) mass is 358 g/mol. The molecular formula is C17H18N4O5. The van der Waals surface area contributed by atoms with Gasteiger partial charge in [0.2, 0.25) is 0 Å². The Balaban J connectivity index is 2.14. The number of nitrogen functional groups attached to an aromatic ring is 1. The molecule has 1 aliphatic rings. The van der Waals surface area contributed by atoms with Crippen LogP contribution >= 0.6 is 0 Å². The molecule has 9 nitrogen and oxygen atoms in total. The van der Waals surface area contributed by atoms with E-state index in [4.69, 9.17) is 5.73 Å². The topological polar surface area (TPSA) is 149 Å². The molecule has 2 heterocycles. The van der Waals surface area contributed by atoms with Gasteiger partial charge >= 0.3 is 11.9 Å². The van der Waals surface area contributed by atoms with Crippen molar-refractivity contribution in [2.24, 2.45) is 0 Å². The van der Waals surface area contributed by atoms with E-state index in [1.54, 1.807) is 24.3 Å². The zero-order valence-corrected chi connectivity index (χ0v) is 13.8. The Hall–Kier alpha value is -3.33. The lowest BCUT2D eigenvalue weighted by Crippen LogP contribution is -2.43. The largest absolute Gasteiger partial charge is 0.478 e. The number of H-pyrrole nitrogens is 1. The molecule has 0 unspecified atom stereocenters. The highest BCUT2D eigenvalue weighted by Crippen LogP contribution is 2.30. The van der Waals surface area contributed by atoms with E-state index in [0.717, 1.165) is 31.9 Å². The summed E-state index contributed by atoms with van der Waals surface area (Å²) in [5.41, 5.74) is 4.65. The van der Waals surface area contributed by atoms with Gasteiger partial charge in [-0.25, -0.2) is 9.59 Å². The number of aromatic carboxylic acids is 2. The highest BCUT2D eigenvalue weighted by atomic mass is 16.4. The Morgan fingerprint density at radius 1 is 1.00 bits per heavy atom. The number of carboxylic acid groups (broad SMARTS) is 2. The van der Waals surface area contributed by atoms with Gasteiger partial charge in [0.1, 0.15) is 16.9 Å². The molecule has 1 aliphatic heterocycles. The molecular weight excluding hydrogens is 340 g/mol. The lowest BCUT2D eigenvalue weighted by molar-refractivity contribution is 0.0695. The van der Waals surface area contributed by atoms with Crippen LogP contribution < -0.4 is 21.5 Å². The minimum Gasteiger partial charge on any atom is -0.478 e. The third-order valence-corrected chi connectivity index (χ3v) is 4.31. The number of nitrogens with one attached hydrogen (secondary N) is 2. The molecule has 1 fully saturated rings. The van der Waals surface area contributed by atoms with E-state index in [0.29, 0.717) is 5.56 Å². The van der Waals surface area contributed by atoms with Crippen molar-refractivity contribution in [3.05, 3.63) is 45.7 Å². The third kappa shape index (κ3) is 3.11. The number of aromatic amines is 1. The number of aromatic nitrogens is 1. The summed E-state index contributed by atoms with van der Waals surface area (Å²) in [6.07, 6.45) is 0. The van der Waals surface area contributed by atoms with Gasteiger partial charge in [0.15, 0.2) is 0 Å². The maximum atomic E-state index is 12.0. The number of rotatable bonds is 4. The minimum absolute atomic E-state index is 0.196. The van der Waals surface area contributed by atoms with Crippen molar-refractivity contribution in [3.63, 3.8) is 0 Å². The molecule has 1 saturated heterocycles. The fourth-order valence-electron chi connectivity index (χ4n) is 3.10. The highest BCUT2D eigenvalue weighted by Gasteiger charge is 2.26. The molecule has 26 heavy (non-hydrogen) atoms. The molecule has 0 spiro atoms.